The minimum Gasteiger partial charge on any atom is -0.300 e. The molecule has 0 saturated carbocycles. The zero-order valence-electron chi connectivity index (χ0n) is 12.7. The molecule has 22 heavy (non-hydrogen) atoms. The normalized spacial score (nSPS) is 10.5. The van der Waals surface area contributed by atoms with Crippen molar-refractivity contribution in [1.82, 2.24) is 0 Å². The van der Waals surface area contributed by atoms with Gasteiger partial charge in [-0.1, -0.05) is 48.0 Å². The van der Waals surface area contributed by atoms with Crippen molar-refractivity contribution >= 4 is 15.9 Å². The van der Waals surface area contributed by atoms with E-state index in [1.54, 1.807) is 19.1 Å². The van der Waals surface area contributed by atoms with Crippen molar-refractivity contribution < 1.29 is 17.8 Å². The molecule has 4 nitrogen and oxygen atoms in total. The number of ketones is 1. The van der Waals surface area contributed by atoms with Crippen LogP contribution < -0.4 is 0 Å². The Bertz CT molecular complexity index is 689. The molecule has 0 aromatic heterocycles. The number of Topliss-reactive ketones (excluding diaryl/α,β-unsaturated/α-hetero) is 1. The Morgan fingerprint density at radius 1 is 1.00 bits per heavy atom. The summed E-state index contributed by atoms with van der Waals surface area (Å²) < 4.78 is 29.6. The molecule has 0 saturated heterocycles. The van der Waals surface area contributed by atoms with Gasteiger partial charge < -0.3 is 4.79 Å². The number of hydrogen-bond donors (Lipinski definition) is 1. The SMILES string of the molecule is CC(=O)CCc1ccccc1.Cc1ccc(S(=O)(=O)O)cc1. The maximum Gasteiger partial charge on any atom is 0.294 e. The van der Waals surface area contributed by atoms with Crippen LogP contribution in [-0.4, -0.2) is 18.8 Å². The zero-order valence-corrected chi connectivity index (χ0v) is 13.5. The first kappa shape index (κ1) is 18.1. The third kappa shape index (κ3) is 7.15. The quantitative estimate of drug-likeness (QED) is 0.876. The summed E-state index contributed by atoms with van der Waals surface area (Å²) in [6.45, 7) is 3.47. The van der Waals surface area contributed by atoms with Crippen molar-refractivity contribution in [3.63, 3.8) is 0 Å². The number of aryl methyl sites for hydroxylation is 2. The van der Waals surface area contributed by atoms with Crippen LogP contribution in [0.4, 0.5) is 0 Å². The predicted molar refractivity (Wildman–Crippen MR) is 86.4 cm³/mol. The highest BCUT2D eigenvalue weighted by atomic mass is 32.2. The third-order valence-corrected chi connectivity index (χ3v) is 3.80. The summed E-state index contributed by atoms with van der Waals surface area (Å²) in [5.74, 6) is 0.258. The molecule has 0 amide bonds. The minimum atomic E-state index is -4.02. The van der Waals surface area contributed by atoms with E-state index in [1.807, 2.05) is 37.3 Å². The molecule has 0 bridgehead atoms. The van der Waals surface area contributed by atoms with Crippen LogP contribution in [-0.2, 0) is 21.3 Å². The van der Waals surface area contributed by atoms with Crippen LogP contribution in [0.15, 0.2) is 59.5 Å². The van der Waals surface area contributed by atoms with Crippen molar-refractivity contribution in [3.05, 3.63) is 65.7 Å². The van der Waals surface area contributed by atoms with E-state index in [9.17, 15) is 13.2 Å². The Balaban J connectivity index is 0.000000220. The van der Waals surface area contributed by atoms with Gasteiger partial charge >= 0.3 is 0 Å². The van der Waals surface area contributed by atoms with E-state index in [0.717, 1.165) is 12.0 Å². The lowest BCUT2D eigenvalue weighted by molar-refractivity contribution is -0.116. The van der Waals surface area contributed by atoms with Crippen LogP contribution in [0, 0.1) is 6.92 Å². The molecule has 118 valence electrons. The Hall–Kier alpha value is -1.98. The first-order valence-electron chi connectivity index (χ1n) is 6.86. The Morgan fingerprint density at radius 3 is 2.00 bits per heavy atom. The number of rotatable bonds is 4. The summed E-state index contributed by atoms with van der Waals surface area (Å²) in [6.07, 6.45) is 1.53. The molecule has 2 aromatic carbocycles. The van der Waals surface area contributed by atoms with Gasteiger partial charge in [0.1, 0.15) is 5.78 Å². The van der Waals surface area contributed by atoms with Gasteiger partial charge in [-0.25, -0.2) is 0 Å². The third-order valence-electron chi connectivity index (χ3n) is 2.93. The summed E-state index contributed by atoms with van der Waals surface area (Å²) in [6, 6.07) is 16.1. The van der Waals surface area contributed by atoms with Gasteiger partial charge in [0.2, 0.25) is 0 Å². The summed E-state index contributed by atoms with van der Waals surface area (Å²) in [5, 5.41) is 0. The second kappa shape index (κ2) is 8.46. The van der Waals surface area contributed by atoms with Gasteiger partial charge in [0.25, 0.3) is 10.1 Å². The molecular formula is C17H20O4S. The predicted octanol–water partition coefficient (Wildman–Crippen LogP) is 3.45. The highest BCUT2D eigenvalue weighted by Crippen LogP contribution is 2.08. The lowest BCUT2D eigenvalue weighted by atomic mass is 10.1. The Kier molecular flexibility index (Phi) is 6.95. The van der Waals surface area contributed by atoms with Crippen LogP contribution in [0.5, 0.6) is 0 Å². The average Bonchev–Trinajstić information content (AvgIpc) is 2.46. The Morgan fingerprint density at radius 2 is 1.55 bits per heavy atom. The smallest absolute Gasteiger partial charge is 0.294 e. The first-order chi connectivity index (χ1) is 10.3. The molecule has 0 atom stereocenters. The molecule has 2 aromatic rings. The van der Waals surface area contributed by atoms with Crippen molar-refractivity contribution in [1.29, 1.82) is 0 Å². The standard InChI is InChI=1S/C10H12O.C7H8O3S/c1-9(11)7-8-10-5-3-2-4-6-10;1-6-2-4-7(5-3-6)11(8,9)10/h2-6H,7-8H2,1H3;2-5H,1H3,(H,8,9,10). The Labute approximate surface area is 131 Å². The maximum atomic E-state index is 10.6. The highest BCUT2D eigenvalue weighted by Gasteiger charge is 2.06. The van der Waals surface area contributed by atoms with Crippen molar-refractivity contribution in [2.45, 2.75) is 31.6 Å². The van der Waals surface area contributed by atoms with Crippen molar-refractivity contribution in [2.24, 2.45) is 0 Å². The summed E-state index contributed by atoms with van der Waals surface area (Å²) >= 11 is 0. The van der Waals surface area contributed by atoms with Crippen LogP contribution in [0.25, 0.3) is 0 Å². The van der Waals surface area contributed by atoms with Crippen LogP contribution >= 0.6 is 0 Å². The molecule has 1 N–H and O–H groups in total. The molecule has 0 spiro atoms. The largest absolute Gasteiger partial charge is 0.300 e. The van der Waals surface area contributed by atoms with Gasteiger partial charge in [0, 0.05) is 6.42 Å². The number of benzene rings is 2. The molecular weight excluding hydrogens is 300 g/mol. The van der Waals surface area contributed by atoms with E-state index in [2.05, 4.69) is 0 Å². The zero-order chi connectivity index (χ0) is 16.6. The minimum absolute atomic E-state index is 0.0666. The van der Waals surface area contributed by atoms with Crippen molar-refractivity contribution in [3.8, 4) is 0 Å². The molecule has 0 aliphatic carbocycles. The molecule has 0 radical (unpaired) electrons. The monoisotopic (exact) mass is 320 g/mol. The summed E-state index contributed by atoms with van der Waals surface area (Å²) in [7, 11) is -4.02. The van der Waals surface area contributed by atoms with E-state index in [4.69, 9.17) is 4.55 Å². The fourth-order valence-electron chi connectivity index (χ4n) is 1.68. The molecule has 5 heteroatoms. The van der Waals surface area contributed by atoms with E-state index < -0.39 is 10.1 Å². The first-order valence-corrected chi connectivity index (χ1v) is 8.30. The fourth-order valence-corrected chi connectivity index (χ4v) is 2.16. The molecule has 0 aliphatic rings. The van der Waals surface area contributed by atoms with E-state index >= 15 is 0 Å². The average molecular weight is 320 g/mol. The topological polar surface area (TPSA) is 71.4 Å². The van der Waals surface area contributed by atoms with Gasteiger partial charge in [-0.3, -0.25) is 4.55 Å². The van der Waals surface area contributed by atoms with Gasteiger partial charge in [0.05, 0.1) is 4.90 Å². The van der Waals surface area contributed by atoms with Gasteiger partial charge in [0.15, 0.2) is 0 Å². The van der Waals surface area contributed by atoms with E-state index in [-0.39, 0.29) is 10.7 Å². The lowest BCUT2D eigenvalue weighted by Gasteiger charge is -1.96. The second-order valence-corrected chi connectivity index (χ2v) is 6.40. The lowest BCUT2D eigenvalue weighted by Crippen LogP contribution is -1.96. The van der Waals surface area contributed by atoms with Crippen molar-refractivity contribution in [2.75, 3.05) is 0 Å². The number of carbonyl (C=O) groups excluding carboxylic acids is 1. The molecule has 0 aliphatic heterocycles. The van der Waals surface area contributed by atoms with Crippen LogP contribution in [0.1, 0.15) is 24.5 Å². The number of carbonyl (C=O) groups is 1. The fraction of sp³-hybridized carbons (Fsp3) is 0.235. The van der Waals surface area contributed by atoms with E-state index in [0.29, 0.717) is 6.42 Å². The summed E-state index contributed by atoms with van der Waals surface area (Å²) in [5.41, 5.74) is 2.19. The van der Waals surface area contributed by atoms with Crippen LogP contribution in [0.2, 0.25) is 0 Å². The van der Waals surface area contributed by atoms with Gasteiger partial charge in [-0.05, 0) is 38.0 Å². The molecule has 2 rings (SSSR count). The van der Waals surface area contributed by atoms with Crippen LogP contribution in [0.3, 0.4) is 0 Å². The maximum absolute atomic E-state index is 10.6. The highest BCUT2D eigenvalue weighted by molar-refractivity contribution is 7.85. The molecule has 0 heterocycles. The number of hydrogen-bond acceptors (Lipinski definition) is 3. The summed E-state index contributed by atoms with van der Waals surface area (Å²) in [4.78, 5) is 10.6. The molecule has 0 fully saturated rings. The van der Waals surface area contributed by atoms with Gasteiger partial charge in [-0.2, -0.15) is 8.42 Å². The van der Waals surface area contributed by atoms with E-state index in [1.165, 1.54) is 17.7 Å². The van der Waals surface area contributed by atoms with Gasteiger partial charge in [-0.15, -0.1) is 0 Å². The second-order valence-electron chi connectivity index (χ2n) is 4.98. The molecule has 0 unspecified atom stereocenters.